The number of fused-ring (bicyclic) bond motifs is 6. The Hall–Kier alpha value is -11.5. The third-order valence-corrected chi connectivity index (χ3v) is 29.1. The molecule has 13 rings (SSSR count). The van der Waals surface area contributed by atoms with E-state index in [4.69, 9.17) is 54.0 Å². The molecule has 32 nitrogen and oxygen atoms in total. The molecule has 3 fully saturated rings. The van der Waals surface area contributed by atoms with E-state index in [9.17, 15) is 87.0 Å². The second kappa shape index (κ2) is 63.3. The van der Waals surface area contributed by atoms with E-state index in [2.05, 4.69) is 48.3 Å². The summed E-state index contributed by atoms with van der Waals surface area (Å²) in [6, 6.07) is 47.4. The van der Waals surface area contributed by atoms with Gasteiger partial charge in [0.25, 0.3) is 21.9 Å². The number of amides is 2. The summed E-state index contributed by atoms with van der Waals surface area (Å²) in [5.41, 5.74) is 15.5. The molecule has 33 heteroatoms. The van der Waals surface area contributed by atoms with Gasteiger partial charge in [-0.1, -0.05) is 224 Å². The number of carbonyl (C=O) groups is 10. The number of aliphatic hydroxyl groups is 6. The molecule has 0 radical (unpaired) electrons. The second-order valence-corrected chi connectivity index (χ2v) is 40.9. The van der Waals surface area contributed by atoms with Gasteiger partial charge < -0.3 is 95.5 Å². The van der Waals surface area contributed by atoms with Gasteiger partial charge in [0, 0.05) is 13.3 Å². The van der Waals surface area contributed by atoms with E-state index in [0.717, 1.165) is 198 Å². The van der Waals surface area contributed by atoms with Crippen LogP contribution < -0.4 is 30.6 Å². The van der Waals surface area contributed by atoms with Crippen LogP contribution in [0.25, 0.3) is 0 Å². The molecule has 0 aromatic heterocycles. The van der Waals surface area contributed by atoms with E-state index in [1.807, 2.05) is 134 Å². The lowest BCUT2D eigenvalue weighted by molar-refractivity contribution is -0.155. The van der Waals surface area contributed by atoms with Crippen LogP contribution in [0.1, 0.15) is 251 Å². The van der Waals surface area contributed by atoms with Crippen LogP contribution in [0.15, 0.2) is 175 Å². The molecular formula is C114H155N3O29S. The molecular weight excluding hydrogens is 1910 g/mol. The minimum absolute atomic E-state index is 0.00495. The van der Waals surface area contributed by atoms with Crippen molar-refractivity contribution < 1.29 is 140 Å². The Labute approximate surface area is 864 Å². The van der Waals surface area contributed by atoms with Crippen molar-refractivity contribution in [2.75, 3.05) is 26.4 Å². The van der Waals surface area contributed by atoms with Crippen LogP contribution in [0.3, 0.4) is 0 Å². The molecule has 3 saturated carbocycles. The number of aryl methyl sites for hydroxylation is 1. The Kier molecular flexibility index (Phi) is 52.0. The van der Waals surface area contributed by atoms with Crippen molar-refractivity contribution in [2.45, 2.75) is 321 Å². The topological polar surface area (TPSA) is 522 Å². The van der Waals surface area contributed by atoms with E-state index < -0.39 is 108 Å². The number of Topliss-reactive ketones (excluding diaryl/α,β-unsaturated/α-hetero) is 1. The molecule has 6 aliphatic rings. The maximum atomic E-state index is 13.2. The van der Waals surface area contributed by atoms with Crippen molar-refractivity contribution in [3.05, 3.63) is 225 Å². The number of ketones is 1. The molecule has 147 heavy (non-hydrogen) atoms. The number of carboxylic acids is 3. The van der Waals surface area contributed by atoms with Crippen LogP contribution >= 0.6 is 0 Å². The largest absolute Gasteiger partial charge is 0.483 e. The molecule has 0 spiro atoms. The number of nitrogens with two attached hydrogens (primary N) is 1. The van der Waals surface area contributed by atoms with E-state index in [1.54, 1.807) is 25.1 Å². The minimum Gasteiger partial charge on any atom is -0.483 e. The zero-order valence-electron chi connectivity index (χ0n) is 85.9. The van der Waals surface area contributed by atoms with E-state index in [1.165, 1.54) is 31.5 Å². The Morgan fingerprint density at radius 2 is 0.769 bits per heavy atom. The Morgan fingerprint density at radius 1 is 0.408 bits per heavy atom. The summed E-state index contributed by atoms with van der Waals surface area (Å²) in [4.78, 5) is 116. The smallest absolute Gasteiger partial charge is 0.341 e. The lowest BCUT2D eigenvalue weighted by atomic mass is 9.73. The number of carboxylic acid groups (broad SMARTS) is 3. The molecule has 806 valence electrons. The van der Waals surface area contributed by atoms with Crippen LogP contribution in [0.4, 0.5) is 0 Å². The van der Waals surface area contributed by atoms with Gasteiger partial charge in [0.1, 0.15) is 61.0 Å². The average Bonchev–Trinajstić information content (AvgIpc) is 1.65. The van der Waals surface area contributed by atoms with E-state index >= 15 is 0 Å². The number of nitrogens with one attached hydrogen (secondary N) is 2. The third kappa shape index (κ3) is 41.8. The van der Waals surface area contributed by atoms with Crippen LogP contribution in [0.2, 0.25) is 0 Å². The van der Waals surface area contributed by atoms with Gasteiger partial charge in [0.15, 0.2) is 19.8 Å². The highest BCUT2D eigenvalue weighted by atomic mass is 32.2. The number of unbranched alkanes of at least 4 members (excludes halogenated alkanes) is 6. The molecule has 0 saturated heterocycles. The maximum absolute atomic E-state index is 13.2. The number of hydrogen-bond acceptors (Lipinski definition) is 26. The highest BCUT2D eigenvalue weighted by Crippen LogP contribution is 2.52. The summed E-state index contributed by atoms with van der Waals surface area (Å²) in [5, 5.41) is 95.3. The number of ether oxygens (including phenoxy) is 7. The quantitative estimate of drug-likeness (QED) is 0.00729. The molecule has 7 aromatic carbocycles. The summed E-state index contributed by atoms with van der Waals surface area (Å²) < 4.78 is 67.0. The van der Waals surface area contributed by atoms with Gasteiger partial charge in [-0.2, -0.15) is 8.42 Å². The Morgan fingerprint density at radius 3 is 1.10 bits per heavy atom. The first-order chi connectivity index (χ1) is 70.3. The number of benzene rings is 7. The Bertz CT molecular complexity index is 5360. The van der Waals surface area contributed by atoms with Gasteiger partial charge in [-0.3, -0.25) is 38.1 Å². The summed E-state index contributed by atoms with van der Waals surface area (Å²) in [6.07, 6.45) is 21.1. The number of rotatable bonds is 49. The van der Waals surface area contributed by atoms with Gasteiger partial charge in [0.2, 0.25) is 0 Å². The molecule has 7 aromatic rings. The molecule has 2 amide bonds. The first kappa shape index (κ1) is 121. The van der Waals surface area contributed by atoms with Crippen molar-refractivity contribution in [3.8, 4) is 17.2 Å². The van der Waals surface area contributed by atoms with E-state index in [0.29, 0.717) is 85.0 Å². The number of esters is 4. The van der Waals surface area contributed by atoms with Crippen molar-refractivity contribution in [2.24, 2.45) is 59.0 Å². The fourth-order valence-electron chi connectivity index (χ4n) is 20.7. The number of hydrogen-bond donors (Lipinski definition) is 13. The van der Waals surface area contributed by atoms with Gasteiger partial charge >= 0.3 is 41.8 Å². The molecule has 2 unspecified atom stereocenters. The number of carbonyl (C=O) groups excluding carboxylic acids is 7. The Balaban J connectivity index is 0.000000238. The first-order valence-electron chi connectivity index (χ1n) is 51.9. The number of aliphatic carboxylic acids is 3. The van der Waals surface area contributed by atoms with Crippen molar-refractivity contribution in [1.82, 2.24) is 10.6 Å². The fraction of sp³-hybridized carbons (Fsp3) is 0.544. The van der Waals surface area contributed by atoms with Crippen LogP contribution in [0, 0.1) is 60.2 Å². The van der Waals surface area contributed by atoms with Crippen molar-refractivity contribution >= 4 is 69.5 Å². The van der Waals surface area contributed by atoms with Crippen LogP contribution in [0.5, 0.6) is 17.2 Å². The van der Waals surface area contributed by atoms with Gasteiger partial charge in [-0.05, 0) is 270 Å². The third-order valence-electron chi connectivity index (χ3n) is 28.2. The zero-order chi connectivity index (χ0) is 107. The summed E-state index contributed by atoms with van der Waals surface area (Å²) in [7, 11) is -4.02. The van der Waals surface area contributed by atoms with Gasteiger partial charge in [-0.25, -0.2) is 14.4 Å². The molecule has 0 aliphatic heterocycles. The number of aliphatic hydroxyl groups excluding tert-OH is 6. The predicted octanol–water partition coefficient (Wildman–Crippen LogP) is 14.8. The normalized spacial score (nSPS) is 20.6. The highest BCUT2D eigenvalue weighted by Gasteiger charge is 2.48. The molecule has 0 bridgehead atoms. The monoisotopic (exact) mass is 2060 g/mol. The van der Waals surface area contributed by atoms with Gasteiger partial charge in [-0.15, -0.1) is 0 Å². The second-order valence-electron chi connectivity index (χ2n) is 39.5. The van der Waals surface area contributed by atoms with Crippen molar-refractivity contribution in [3.63, 3.8) is 0 Å². The zero-order valence-corrected chi connectivity index (χ0v) is 86.8. The minimum atomic E-state index is -4.02. The van der Waals surface area contributed by atoms with Crippen molar-refractivity contribution in [1.29, 1.82) is 0 Å². The molecule has 14 N–H and O–H groups in total. The highest BCUT2D eigenvalue weighted by molar-refractivity contribution is 7.85. The summed E-state index contributed by atoms with van der Waals surface area (Å²) in [5.74, 6) is -2.79. The lowest BCUT2D eigenvalue weighted by Crippen LogP contribution is -2.45. The molecule has 18 atom stereocenters. The SMILES string of the molecule is CC(=O)C[C@H](N)C(=O)OCc1ccccc1.CCCCC[C@H](O)CC[C@@H]1[C@H]2Cc3cccc(OCC(=O)NC(CC(=O)O)C(=O)O)c3C[C@H]2C[C@H]1O.CCCCC[C@H](O)CC[C@@H]1[C@H]2Cc3cccc(OCC(=O)NC(CC(=O)OCc4ccccc4)C(=O)OCc4ccccc4)c3C[C@H]2C[C@H]1O.CCCCC[C@H](O)CC[C@@H]1[C@H]2Cc3cccc(OCC(=O)O)c3C[C@H]2C[C@H]1O.CCOC(C)=O.Cc1ccc(S(=O)(=O)O)cc1. The standard InChI is InChI=1S/C41H51NO8.C27H39NO8.C23H34O5.C12H15NO3.C7H8O3S.C4H8O2/c1-2-3-6-17-32(43)19-20-33-34-21-30-16-11-18-38(35(30)22-31(34)23-37(33)44)48-27-39(45)42-36(41(47)50-26-29-14-9-5-10-15-29)24-40(46)49-25-28-12-7-4-8-13-28;1-2-3-4-7-18(29)9-10-19-20-11-16-6-5-8-24(21(16)12-17(20)13-23(19)30)36-15-25(31)28-22(27(34)35)14-26(32)33;1-2-3-4-7-17(24)9-10-18-19-11-15-6-5-8-22(28-14-23(26)27)20(15)12-16(19)13-21(18)25;1-9(14)7-11(13)12(15)16-8-10-5-3-2-4-6-10;1-6-2-4-7(5-3-6)11(8,9)10;1-3-6-4(2)5/h4-5,7-16,18,31-34,36-37,43-44H,2-3,6,17,19-27H2,1H3,(H,42,45);5-6,8,17-20,22-23,29-30H,2-4,7,9-15H2,1H3,(H,28,31)(H,32,33)(H,34,35);5-6,8,16-19,21,24-25H,2-4,7,9-14H2,1H3,(H,26,27);2-6,11H,7-8,13H2,1H3;2-5H,1H3,(H,8,9,10);3H2,1-2H3/t31-,32-,33+,34-,36?,37+;17-,18-,19+,20-,22?,23+;16-,17-,18+,19-,21+;11-;;/m0000../s1. The first-order valence-corrected chi connectivity index (χ1v) is 53.4. The maximum Gasteiger partial charge on any atom is 0.341 e. The van der Waals surface area contributed by atoms with Crippen LogP contribution in [-0.4, -0.2) is 199 Å². The van der Waals surface area contributed by atoms with Gasteiger partial charge in [0.05, 0.1) is 61.0 Å². The predicted molar refractivity (Wildman–Crippen MR) is 551 cm³/mol. The summed E-state index contributed by atoms with van der Waals surface area (Å²) in [6.45, 7) is 12.5. The fourth-order valence-corrected chi connectivity index (χ4v) is 21.2. The van der Waals surface area contributed by atoms with E-state index in [-0.39, 0.29) is 98.3 Å². The molecule has 6 aliphatic carbocycles. The summed E-state index contributed by atoms with van der Waals surface area (Å²) >= 11 is 0. The average molecular weight is 2060 g/mol. The van der Waals surface area contributed by atoms with Crippen LogP contribution in [-0.2, 0) is 135 Å². The molecule has 0 heterocycles. The lowest BCUT2D eigenvalue weighted by Gasteiger charge is -2.32.